The van der Waals surface area contributed by atoms with Gasteiger partial charge in [-0.3, -0.25) is 0 Å². The fourth-order valence-corrected chi connectivity index (χ4v) is 2.25. The van der Waals surface area contributed by atoms with E-state index >= 15 is 0 Å². The Morgan fingerprint density at radius 1 is 1.44 bits per heavy atom. The van der Waals surface area contributed by atoms with Crippen molar-refractivity contribution in [2.75, 3.05) is 5.73 Å². The lowest BCUT2D eigenvalue weighted by Gasteiger charge is -2.04. The highest BCUT2D eigenvalue weighted by Crippen LogP contribution is 2.26. The van der Waals surface area contributed by atoms with Crippen molar-refractivity contribution in [2.45, 2.75) is 13.5 Å². The van der Waals surface area contributed by atoms with Gasteiger partial charge in [-0.25, -0.2) is 4.98 Å². The van der Waals surface area contributed by atoms with Gasteiger partial charge in [0.2, 0.25) is 5.95 Å². The number of hydrogen-bond acceptors (Lipinski definition) is 4. The van der Waals surface area contributed by atoms with Crippen LogP contribution in [-0.2, 0) is 6.54 Å². The molecule has 2 N–H and O–H groups in total. The van der Waals surface area contributed by atoms with Crippen LogP contribution >= 0.6 is 11.6 Å². The number of imidazole rings is 1. The van der Waals surface area contributed by atoms with Crippen LogP contribution in [0.5, 0.6) is 0 Å². The Hall–Kier alpha value is -2.01. The maximum atomic E-state index is 6.19. The van der Waals surface area contributed by atoms with Crippen LogP contribution in [0, 0.1) is 6.92 Å². The van der Waals surface area contributed by atoms with Crippen LogP contribution in [0.3, 0.4) is 0 Å². The number of aromatic nitrogens is 3. The molecule has 18 heavy (non-hydrogen) atoms. The predicted octanol–water partition coefficient (Wildman–Crippen LogP) is 2.62. The molecule has 0 aliphatic heterocycles. The second-order valence-corrected chi connectivity index (χ2v) is 4.50. The molecule has 92 valence electrons. The molecule has 0 aliphatic carbocycles. The SMILES string of the molecule is Cc1cc(Cn2c(N)nc3cccc(Cl)c32)no1. The predicted molar refractivity (Wildman–Crippen MR) is 69.5 cm³/mol. The molecule has 5 nitrogen and oxygen atoms in total. The van der Waals surface area contributed by atoms with Crippen molar-refractivity contribution in [3.05, 3.63) is 40.7 Å². The molecule has 0 amide bonds. The summed E-state index contributed by atoms with van der Waals surface area (Å²) in [7, 11) is 0. The van der Waals surface area contributed by atoms with Gasteiger partial charge < -0.3 is 14.8 Å². The fraction of sp³-hybridized carbons (Fsp3) is 0.167. The van der Waals surface area contributed by atoms with E-state index in [2.05, 4.69) is 10.1 Å². The summed E-state index contributed by atoms with van der Waals surface area (Å²) < 4.78 is 6.87. The van der Waals surface area contributed by atoms with Gasteiger partial charge in [0, 0.05) is 6.07 Å². The topological polar surface area (TPSA) is 69.9 Å². The summed E-state index contributed by atoms with van der Waals surface area (Å²) in [4.78, 5) is 4.27. The van der Waals surface area contributed by atoms with E-state index in [0.717, 1.165) is 22.5 Å². The fourth-order valence-electron chi connectivity index (χ4n) is 1.97. The first kappa shape index (κ1) is 11.1. The van der Waals surface area contributed by atoms with Crippen LogP contribution in [0.2, 0.25) is 5.02 Å². The van der Waals surface area contributed by atoms with E-state index in [1.807, 2.05) is 35.8 Å². The van der Waals surface area contributed by atoms with Crippen molar-refractivity contribution < 1.29 is 4.52 Å². The Kier molecular flexibility index (Phi) is 2.48. The molecule has 0 saturated carbocycles. The smallest absolute Gasteiger partial charge is 0.201 e. The molecule has 2 aromatic heterocycles. The highest BCUT2D eigenvalue weighted by atomic mass is 35.5. The summed E-state index contributed by atoms with van der Waals surface area (Å²) in [6.07, 6.45) is 0. The number of aryl methyl sites for hydroxylation is 1. The number of nitrogens with zero attached hydrogens (tertiary/aromatic N) is 3. The van der Waals surface area contributed by atoms with E-state index in [0.29, 0.717) is 17.5 Å². The van der Waals surface area contributed by atoms with Gasteiger partial charge in [-0.15, -0.1) is 0 Å². The number of halogens is 1. The van der Waals surface area contributed by atoms with Gasteiger partial charge in [-0.2, -0.15) is 0 Å². The Balaban J connectivity index is 2.13. The number of rotatable bonds is 2. The van der Waals surface area contributed by atoms with Gasteiger partial charge in [0.15, 0.2) is 0 Å². The second-order valence-electron chi connectivity index (χ2n) is 4.09. The molecule has 0 unspecified atom stereocenters. The van der Waals surface area contributed by atoms with Crippen molar-refractivity contribution in [3.8, 4) is 0 Å². The lowest BCUT2D eigenvalue weighted by molar-refractivity contribution is 0.389. The Bertz CT molecular complexity index is 716. The summed E-state index contributed by atoms with van der Waals surface area (Å²) >= 11 is 6.19. The van der Waals surface area contributed by atoms with Crippen molar-refractivity contribution in [1.29, 1.82) is 0 Å². The third-order valence-corrected chi connectivity index (χ3v) is 3.05. The summed E-state index contributed by atoms with van der Waals surface area (Å²) in [5.41, 5.74) is 8.30. The third kappa shape index (κ3) is 1.73. The van der Waals surface area contributed by atoms with Crippen LogP contribution in [0.15, 0.2) is 28.8 Å². The van der Waals surface area contributed by atoms with Gasteiger partial charge in [-0.05, 0) is 19.1 Å². The van der Waals surface area contributed by atoms with Crippen LogP contribution < -0.4 is 5.73 Å². The molecule has 6 heteroatoms. The lowest BCUT2D eigenvalue weighted by Crippen LogP contribution is -2.05. The molecule has 3 rings (SSSR count). The quantitative estimate of drug-likeness (QED) is 0.771. The molecule has 0 aliphatic rings. The maximum absolute atomic E-state index is 6.19. The van der Waals surface area contributed by atoms with Crippen molar-refractivity contribution in [2.24, 2.45) is 0 Å². The van der Waals surface area contributed by atoms with Gasteiger partial charge in [0.1, 0.15) is 11.5 Å². The molecule has 0 saturated heterocycles. The van der Waals surface area contributed by atoms with Crippen molar-refractivity contribution >= 4 is 28.6 Å². The summed E-state index contributed by atoms with van der Waals surface area (Å²) in [6, 6.07) is 7.40. The average molecular weight is 263 g/mol. The van der Waals surface area contributed by atoms with Gasteiger partial charge in [0.05, 0.1) is 22.6 Å². The minimum Gasteiger partial charge on any atom is -0.369 e. The molecule has 0 bridgehead atoms. The van der Waals surface area contributed by atoms with Crippen LogP contribution in [0.4, 0.5) is 5.95 Å². The van der Waals surface area contributed by atoms with E-state index in [1.165, 1.54) is 0 Å². The minimum absolute atomic E-state index is 0.416. The van der Waals surface area contributed by atoms with Crippen LogP contribution in [-0.4, -0.2) is 14.7 Å². The monoisotopic (exact) mass is 262 g/mol. The first-order valence-corrected chi connectivity index (χ1v) is 5.85. The largest absolute Gasteiger partial charge is 0.369 e. The van der Waals surface area contributed by atoms with E-state index in [9.17, 15) is 0 Å². The maximum Gasteiger partial charge on any atom is 0.201 e. The number of nitrogens with two attached hydrogens (primary N) is 1. The summed E-state index contributed by atoms with van der Waals surface area (Å²) in [5.74, 6) is 1.18. The van der Waals surface area contributed by atoms with Crippen molar-refractivity contribution in [3.63, 3.8) is 0 Å². The molecule has 0 atom stereocenters. The number of hydrogen-bond donors (Lipinski definition) is 1. The van der Waals surface area contributed by atoms with E-state index in [1.54, 1.807) is 0 Å². The number of benzene rings is 1. The van der Waals surface area contributed by atoms with Gasteiger partial charge in [0.25, 0.3) is 0 Å². The van der Waals surface area contributed by atoms with Crippen LogP contribution in [0.25, 0.3) is 11.0 Å². The lowest BCUT2D eigenvalue weighted by atomic mass is 10.3. The standard InChI is InChI=1S/C12H11ClN4O/c1-7-5-8(16-18-7)6-17-11-9(13)3-2-4-10(11)15-12(17)14/h2-5H,6H2,1H3,(H2,14,15). The molecular weight excluding hydrogens is 252 g/mol. The summed E-state index contributed by atoms with van der Waals surface area (Å²) in [6.45, 7) is 2.34. The molecule has 1 aromatic carbocycles. The van der Waals surface area contributed by atoms with E-state index in [4.69, 9.17) is 21.9 Å². The van der Waals surface area contributed by atoms with Gasteiger partial charge >= 0.3 is 0 Å². The number of fused-ring (bicyclic) bond motifs is 1. The molecule has 0 fully saturated rings. The molecule has 0 radical (unpaired) electrons. The Morgan fingerprint density at radius 3 is 3.00 bits per heavy atom. The summed E-state index contributed by atoms with van der Waals surface area (Å²) in [5, 5.41) is 4.57. The Labute approximate surface area is 108 Å². The van der Waals surface area contributed by atoms with Crippen LogP contribution in [0.1, 0.15) is 11.5 Å². The second kappa shape index (κ2) is 4.03. The highest BCUT2D eigenvalue weighted by molar-refractivity contribution is 6.35. The first-order chi connectivity index (χ1) is 8.65. The molecule has 0 spiro atoms. The minimum atomic E-state index is 0.416. The number of anilines is 1. The highest BCUT2D eigenvalue weighted by Gasteiger charge is 2.12. The molecule has 2 heterocycles. The zero-order valence-electron chi connectivity index (χ0n) is 9.72. The normalized spacial score (nSPS) is 11.2. The zero-order chi connectivity index (χ0) is 12.7. The number of nitrogen functional groups attached to an aromatic ring is 1. The van der Waals surface area contributed by atoms with Gasteiger partial charge in [-0.1, -0.05) is 22.8 Å². The zero-order valence-corrected chi connectivity index (χ0v) is 10.5. The van der Waals surface area contributed by atoms with E-state index in [-0.39, 0.29) is 0 Å². The average Bonchev–Trinajstić information content (AvgIpc) is 2.85. The molecular formula is C12H11ClN4O. The third-order valence-electron chi connectivity index (χ3n) is 2.74. The first-order valence-electron chi connectivity index (χ1n) is 5.47. The Morgan fingerprint density at radius 2 is 2.28 bits per heavy atom. The van der Waals surface area contributed by atoms with E-state index < -0.39 is 0 Å². The number of para-hydroxylation sites is 1. The molecule has 3 aromatic rings. The van der Waals surface area contributed by atoms with Crippen molar-refractivity contribution in [1.82, 2.24) is 14.7 Å².